The summed E-state index contributed by atoms with van der Waals surface area (Å²) in [5.74, 6) is -0.959. The molecule has 40 heavy (non-hydrogen) atoms. The maximum absolute atomic E-state index is 12.2. The highest BCUT2D eigenvalue weighted by atomic mass is 16.2. The molecule has 3 aromatic carbocycles. The van der Waals surface area contributed by atoms with Gasteiger partial charge in [0.1, 0.15) is 11.6 Å². The van der Waals surface area contributed by atoms with Crippen molar-refractivity contribution in [1.82, 2.24) is 20.0 Å². The number of carbonyl (C=O) groups is 3. The highest BCUT2D eigenvalue weighted by Crippen LogP contribution is 2.24. The first-order valence-electron chi connectivity index (χ1n) is 13.5. The Morgan fingerprint density at radius 1 is 0.950 bits per heavy atom. The number of fused-ring (bicyclic) bond motifs is 1. The van der Waals surface area contributed by atoms with Crippen LogP contribution in [0.3, 0.4) is 0 Å². The first kappa shape index (κ1) is 25.6. The number of hydrogen-bond donors (Lipinski definition) is 3. The fourth-order valence-electron chi connectivity index (χ4n) is 5.42. The number of primary amides is 1. The lowest BCUT2D eigenvalue weighted by Crippen LogP contribution is -2.48. The van der Waals surface area contributed by atoms with Crippen molar-refractivity contribution < 1.29 is 14.4 Å². The van der Waals surface area contributed by atoms with Gasteiger partial charge in [-0.25, -0.2) is 4.68 Å². The van der Waals surface area contributed by atoms with Crippen LogP contribution in [0.1, 0.15) is 28.8 Å². The lowest BCUT2D eigenvalue weighted by atomic mass is 10.0. The first-order chi connectivity index (χ1) is 19.4. The molecule has 3 heterocycles. The van der Waals surface area contributed by atoms with Gasteiger partial charge in [0.05, 0.1) is 11.3 Å². The summed E-state index contributed by atoms with van der Waals surface area (Å²) in [7, 11) is 0. The molecule has 4 N–H and O–H groups in total. The Hall–Kier alpha value is -4.70. The van der Waals surface area contributed by atoms with Gasteiger partial charge in [-0.2, -0.15) is 5.10 Å². The van der Waals surface area contributed by atoms with Crippen LogP contribution in [0.15, 0.2) is 72.9 Å². The number of nitrogens with one attached hydrogen (secondary N) is 2. The Labute approximate surface area is 231 Å². The second-order valence-electron chi connectivity index (χ2n) is 10.3. The molecule has 204 valence electrons. The second kappa shape index (κ2) is 10.8. The molecule has 1 aromatic heterocycles. The molecule has 6 rings (SSSR count). The largest absolute Gasteiger partial charge is 0.373 e. The Bertz CT molecular complexity index is 1570. The third kappa shape index (κ3) is 5.26. The Balaban J connectivity index is 1.08. The second-order valence-corrected chi connectivity index (χ2v) is 10.3. The highest BCUT2D eigenvalue weighted by Gasteiger charge is 2.27. The standard InChI is InChI=1S/C30H31N7O3/c31-29(39)24-6-3-5-21-19-37(34-28(21)24)23-10-8-22(9-11-23)36-16-14-35(15-17-36)18-20-4-1-2-7-25(20)32-26-12-13-27(38)33-30(26)40/h1-11,19,26,32H,12-18H2,(H2,31,39)(H,33,38,40). The van der Waals surface area contributed by atoms with E-state index < -0.39 is 11.9 Å². The number of rotatable bonds is 7. The van der Waals surface area contributed by atoms with Gasteiger partial charge in [-0.15, -0.1) is 0 Å². The molecule has 0 aliphatic carbocycles. The normalized spacial score (nSPS) is 18.1. The number of hydrogen-bond acceptors (Lipinski definition) is 7. The van der Waals surface area contributed by atoms with Crippen LogP contribution >= 0.6 is 0 Å². The van der Waals surface area contributed by atoms with E-state index in [1.165, 1.54) is 0 Å². The zero-order valence-corrected chi connectivity index (χ0v) is 22.0. The summed E-state index contributed by atoms with van der Waals surface area (Å²) >= 11 is 0. The van der Waals surface area contributed by atoms with E-state index in [9.17, 15) is 14.4 Å². The predicted octanol–water partition coefficient (Wildman–Crippen LogP) is 2.66. The lowest BCUT2D eigenvalue weighted by Gasteiger charge is -2.36. The molecule has 3 amide bonds. The predicted molar refractivity (Wildman–Crippen MR) is 153 cm³/mol. The maximum atomic E-state index is 12.2. The Morgan fingerprint density at radius 2 is 1.70 bits per heavy atom. The quantitative estimate of drug-likeness (QED) is 0.310. The number of piperazine rings is 1. The van der Waals surface area contributed by atoms with Gasteiger partial charge in [-0.1, -0.05) is 30.3 Å². The number of aromatic nitrogens is 2. The molecule has 2 fully saturated rings. The minimum Gasteiger partial charge on any atom is -0.373 e. The van der Waals surface area contributed by atoms with Crippen LogP contribution in [0, 0.1) is 0 Å². The summed E-state index contributed by atoms with van der Waals surface area (Å²) in [6.45, 7) is 4.40. The number of anilines is 2. The number of nitrogens with zero attached hydrogens (tertiary/aromatic N) is 4. The third-order valence-electron chi connectivity index (χ3n) is 7.63. The van der Waals surface area contributed by atoms with Crippen molar-refractivity contribution in [2.75, 3.05) is 36.4 Å². The molecule has 10 nitrogen and oxygen atoms in total. The van der Waals surface area contributed by atoms with Crippen molar-refractivity contribution >= 4 is 40.0 Å². The fourth-order valence-corrected chi connectivity index (χ4v) is 5.42. The van der Waals surface area contributed by atoms with Crippen LogP contribution in [-0.2, 0) is 16.1 Å². The van der Waals surface area contributed by atoms with E-state index in [1.54, 1.807) is 10.7 Å². The van der Waals surface area contributed by atoms with E-state index in [0.29, 0.717) is 23.9 Å². The van der Waals surface area contributed by atoms with Crippen molar-refractivity contribution in [3.05, 3.63) is 84.1 Å². The van der Waals surface area contributed by atoms with Gasteiger partial charge in [0, 0.05) is 62.1 Å². The van der Waals surface area contributed by atoms with Crippen molar-refractivity contribution in [2.24, 2.45) is 5.73 Å². The van der Waals surface area contributed by atoms with Crippen LogP contribution in [0.5, 0.6) is 0 Å². The van der Waals surface area contributed by atoms with Crippen molar-refractivity contribution in [1.29, 1.82) is 0 Å². The van der Waals surface area contributed by atoms with E-state index in [4.69, 9.17) is 5.73 Å². The zero-order chi connectivity index (χ0) is 27.6. The summed E-state index contributed by atoms with van der Waals surface area (Å²) in [6, 6.07) is 21.4. The van der Waals surface area contributed by atoms with Gasteiger partial charge in [0.2, 0.25) is 11.8 Å². The van der Waals surface area contributed by atoms with Crippen LogP contribution in [0.25, 0.3) is 16.6 Å². The van der Waals surface area contributed by atoms with Gasteiger partial charge >= 0.3 is 0 Å². The molecular weight excluding hydrogens is 506 g/mol. The van der Waals surface area contributed by atoms with E-state index in [0.717, 1.165) is 60.7 Å². The molecule has 4 aromatic rings. The molecule has 1 atom stereocenters. The SMILES string of the molecule is NC(=O)c1cccc2cn(-c3ccc(N4CCN(Cc5ccccc5NC5CCC(=O)NC5=O)CC4)cc3)nc12. The number of amides is 3. The van der Waals surface area contributed by atoms with Crippen molar-refractivity contribution in [3.63, 3.8) is 0 Å². The summed E-state index contributed by atoms with van der Waals surface area (Å²) in [5, 5.41) is 11.2. The third-order valence-corrected chi connectivity index (χ3v) is 7.63. The topological polar surface area (TPSA) is 126 Å². The molecular formula is C30H31N7O3. The molecule has 2 aliphatic rings. The molecule has 0 radical (unpaired) electrons. The summed E-state index contributed by atoms with van der Waals surface area (Å²) < 4.78 is 1.78. The minimum absolute atomic E-state index is 0.211. The Morgan fingerprint density at radius 3 is 2.45 bits per heavy atom. The van der Waals surface area contributed by atoms with E-state index in [2.05, 4.69) is 43.7 Å². The molecule has 10 heteroatoms. The number of benzene rings is 3. The highest BCUT2D eigenvalue weighted by molar-refractivity contribution is 6.04. The first-order valence-corrected chi connectivity index (χ1v) is 13.5. The molecule has 0 spiro atoms. The Kier molecular flexibility index (Phi) is 6.91. The number of piperidine rings is 1. The summed E-state index contributed by atoms with van der Waals surface area (Å²) in [5.41, 5.74) is 10.7. The van der Waals surface area contributed by atoms with Crippen molar-refractivity contribution in [3.8, 4) is 5.69 Å². The van der Waals surface area contributed by atoms with Gasteiger partial charge in [-0.3, -0.25) is 24.6 Å². The number of para-hydroxylation sites is 1. The van der Waals surface area contributed by atoms with E-state index >= 15 is 0 Å². The van der Waals surface area contributed by atoms with E-state index in [-0.39, 0.29) is 11.8 Å². The van der Waals surface area contributed by atoms with Gasteiger partial charge in [0.25, 0.3) is 5.91 Å². The summed E-state index contributed by atoms with van der Waals surface area (Å²) in [6.07, 6.45) is 2.76. The van der Waals surface area contributed by atoms with Crippen LogP contribution in [-0.4, -0.2) is 64.6 Å². The van der Waals surface area contributed by atoms with Gasteiger partial charge in [-0.05, 0) is 48.4 Å². The average Bonchev–Trinajstić information content (AvgIpc) is 3.40. The fraction of sp³-hybridized carbons (Fsp3) is 0.267. The van der Waals surface area contributed by atoms with Crippen LogP contribution in [0.4, 0.5) is 11.4 Å². The minimum atomic E-state index is -0.487. The zero-order valence-electron chi connectivity index (χ0n) is 22.0. The smallest absolute Gasteiger partial charge is 0.250 e. The van der Waals surface area contributed by atoms with Crippen LogP contribution < -0.4 is 21.3 Å². The summed E-state index contributed by atoms with van der Waals surface area (Å²) in [4.78, 5) is 40.3. The van der Waals surface area contributed by atoms with E-state index in [1.807, 2.05) is 48.7 Å². The molecule has 2 aliphatic heterocycles. The number of nitrogens with two attached hydrogens (primary N) is 1. The maximum Gasteiger partial charge on any atom is 0.250 e. The van der Waals surface area contributed by atoms with Gasteiger partial charge in [0.15, 0.2) is 0 Å². The van der Waals surface area contributed by atoms with Crippen LogP contribution in [0.2, 0.25) is 0 Å². The number of carbonyl (C=O) groups excluding carboxylic acids is 3. The van der Waals surface area contributed by atoms with Crippen molar-refractivity contribution in [2.45, 2.75) is 25.4 Å². The molecule has 0 saturated carbocycles. The molecule has 2 saturated heterocycles. The average molecular weight is 538 g/mol. The monoisotopic (exact) mass is 537 g/mol. The molecule has 1 unspecified atom stereocenters. The lowest BCUT2D eigenvalue weighted by molar-refractivity contribution is -0.133. The molecule has 0 bridgehead atoms. The number of imide groups is 1. The van der Waals surface area contributed by atoms with Gasteiger partial charge < -0.3 is 16.0 Å².